The molecule has 1 unspecified atom stereocenters. The number of morpholine rings is 1. The van der Waals surface area contributed by atoms with Crippen LogP contribution in [0, 0.1) is 0 Å². The van der Waals surface area contributed by atoms with Gasteiger partial charge in [0, 0.05) is 45.5 Å². The summed E-state index contributed by atoms with van der Waals surface area (Å²) in [7, 11) is 0.797. The van der Waals surface area contributed by atoms with E-state index in [-0.39, 0.29) is 11.3 Å². The summed E-state index contributed by atoms with van der Waals surface area (Å²) in [5.41, 5.74) is 2.28. The molecule has 0 bridgehead atoms. The summed E-state index contributed by atoms with van der Waals surface area (Å²) >= 11 is 0. The maximum atomic E-state index is 12.6. The largest absolute Gasteiger partial charge is 0.379 e. The Kier molecular flexibility index (Phi) is 6.55. The van der Waals surface area contributed by atoms with E-state index in [1.165, 1.54) is 0 Å². The molecule has 26 heavy (non-hydrogen) atoms. The smallest absolute Gasteiger partial charge is 0.214 e. The van der Waals surface area contributed by atoms with Crippen molar-refractivity contribution in [3.05, 3.63) is 29.8 Å². The molecule has 1 aromatic rings. The molecule has 2 fully saturated rings. The second kappa shape index (κ2) is 8.69. The minimum absolute atomic E-state index is 0.0336. The Labute approximate surface area is 157 Å². The van der Waals surface area contributed by atoms with Gasteiger partial charge >= 0.3 is 0 Å². The predicted molar refractivity (Wildman–Crippen MR) is 105 cm³/mol. The van der Waals surface area contributed by atoms with Crippen LogP contribution >= 0.6 is 0 Å². The number of benzene rings is 1. The van der Waals surface area contributed by atoms with Crippen molar-refractivity contribution in [2.24, 2.45) is 0 Å². The number of nitrogens with one attached hydrogen (secondary N) is 1. The van der Waals surface area contributed by atoms with E-state index in [2.05, 4.69) is 38.8 Å². The van der Waals surface area contributed by atoms with E-state index >= 15 is 0 Å². The molecule has 1 atom stereocenters. The number of nitrogens with zero attached hydrogens (tertiary/aromatic N) is 2. The highest BCUT2D eigenvalue weighted by molar-refractivity contribution is 7.90. The van der Waals surface area contributed by atoms with Gasteiger partial charge in [-0.1, -0.05) is 25.0 Å². The van der Waals surface area contributed by atoms with Gasteiger partial charge in [0.1, 0.15) is 0 Å². The fourth-order valence-corrected chi connectivity index (χ4v) is 5.43. The lowest BCUT2D eigenvalue weighted by atomic mass is 10.0. The van der Waals surface area contributed by atoms with Gasteiger partial charge in [0.2, 0.25) is 10.0 Å². The number of sulfonamides is 1. The summed E-state index contributed by atoms with van der Waals surface area (Å²) in [6.07, 6.45) is 3.61. The van der Waals surface area contributed by atoms with Crippen molar-refractivity contribution < 1.29 is 13.2 Å². The zero-order valence-electron chi connectivity index (χ0n) is 15.9. The molecule has 0 amide bonds. The first-order valence-electron chi connectivity index (χ1n) is 9.55. The third-order valence-electron chi connectivity index (χ3n) is 5.50. The van der Waals surface area contributed by atoms with E-state index in [0.717, 1.165) is 50.0 Å². The van der Waals surface area contributed by atoms with Crippen LogP contribution in [0.4, 0.5) is 5.69 Å². The fourth-order valence-electron chi connectivity index (χ4n) is 3.85. The van der Waals surface area contributed by atoms with Crippen LogP contribution in [0.5, 0.6) is 0 Å². The topological polar surface area (TPSA) is 61.9 Å². The van der Waals surface area contributed by atoms with Gasteiger partial charge in [-0.2, -0.15) is 0 Å². The van der Waals surface area contributed by atoms with E-state index in [1.807, 2.05) is 14.1 Å². The standard InChI is InChI=1S/C19H31N3O3S/c1-21(2)17-9-7-16(8-10-17)19(22-11-13-25-14-12-22)15-20-26(23,24)18-5-3-4-6-18/h7-10,18-20H,3-6,11-15H2,1-2H3. The average molecular weight is 382 g/mol. The second-order valence-electron chi connectivity index (χ2n) is 7.45. The van der Waals surface area contributed by atoms with Gasteiger partial charge in [0.05, 0.1) is 18.5 Å². The molecular weight excluding hydrogens is 350 g/mol. The molecule has 3 rings (SSSR count). The predicted octanol–water partition coefficient (Wildman–Crippen LogP) is 1.99. The molecule has 1 N–H and O–H groups in total. The molecule has 0 spiro atoms. The summed E-state index contributed by atoms with van der Waals surface area (Å²) in [6, 6.07) is 8.44. The molecule has 1 aliphatic heterocycles. The number of anilines is 1. The quantitative estimate of drug-likeness (QED) is 0.783. The summed E-state index contributed by atoms with van der Waals surface area (Å²) < 4.78 is 33.7. The summed E-state index contributed by atoms with van der Waals surface area (Å²) in [5, 5.41) is -0.219. The van der Waals surface area contributed by atoms with Crippen LogP contribution in [0.3, 0.4) is 0 Å². The molecule has 2 aliphatic rings. The third kappa shape index (κ3) is 4.76. The number of hydrogen-bond acceptors (Lipinski definition) is 5. The maximum Gasteiger partial charge on any atom is 0.214 e. The van der Waals surface area contributed by atoms with E-state index in [9.17, 15) is 8.42 Å². The molecule has 1 saturated heterocycles. The first kappa shape index (κ1) is 19.6. The fraction of sp³-hybridized carbons (Fsp3) is 0.684. The molecule has 6 nitrogen and oxygen atoms in total. The van der Waals surface area contributed by atoms with Gasteiger partial charge in [-0.05, 0) is 30.5 Å². The summed E-state index contributed by atoms with van der Waals surface area (Å²) in [6.45, 7) is 3.46. The van der Waals surface area contributed by atoms with Crippen molar-refractivity contribution in [2.45, 2.75) is 37.0 Å². The third-order valence-corrected chi connectivity index (χ3v) is 7.42. The Hall–Kier alpha value is -1.15. The molecule has 7 heteroatoms. The Morgan fingerprint density at radius 1 is 1.15 bits per heavy atom. The molecule has 1 aliphatic carbocycles. The van der Waals surface area contributed by atoms with Crippen molar-refractivity contribution in [1.82, 2.24) is 9.62 Å². The van der Waals surface area contributed by atoms with Crippen molar-refractivity contribution >= 4 is 15.7 Å². The second-order valence-corrected chi connectivity index (χ2v) is 9.50. The summed E-state index contributed by atoms with van der Waals surface area (Å²) in [5.74, 6) is 0. The lowest BCUT2D eigenvalue weighted by molar-refractivity contribution is 0.0172. The van der Waals surface area contributed by atoms with Gasteiger partial charge in [0.25, 0.3) is 0 Å². The molecule has 1 saturated carbocycles. The van der Waals surface area contributed by atoms with Crippen molar-refractivity contribution in [1.29, 1.82) is 0 Å². The van der Waals surface area contributed by atoms with Crippen LogP contribution in [-0.4, -0.2) is 65.5 Å². The van der Waals surface area contributed by atoms with E-state index in [4.69, 9.17) is 4.74 Å². The highest BCUT2D eigenvalue weighted by Crippen LogP contribution is 2.26. The number of rotatable bonds is 7. The first-order valence-corrected chi connectivity index (χ1v) is 11.1. The monoisotopic (exact) mass is 381 g/mol. The van der Waals surface area contributed by atoms with Gasteiger partial charge in [-0.25, -0.2) is 13.1 Å². The van der Waals surface area contributed by atoms with Gasteiger partial charge in [-0.15, -0.1) is 0 Å². The van der Waals surface area contributed by atoms with Gasteiger partial charge < -0.3 is 9.64 Å². The minimum atomic E-state index is -3.24. The molecule has 146 valence electrons. The van der Waals surface area contributed by atoms with Crippen molar-refractivity contribution in [3.63, 3.8) is 0 Å². The van der Waals surface area contributed by atoms with Crippen LogP contribution in [-0.2, 0) is 14.8 Å². The van der Waals surface area contributed by atoms with E-state index in [1.54, 1.807) is 0 Å². The Bertz CT molecular complexity index is 664. The molecule has 0 aromatic heterocycles. The van der Waals surface area contributed by atoms with Crippen LogP contribution < -0.4 is 9.62 Å². The Morgan fingerprint density at radius 3 is 2.35 bits per heavy atom. The van der Waals surface area contributed by atoms with E-state index < -0.39 is 10.0 Å². The molecular formula is C19H31N3O3S. The zero-order chi connectivity index (χ0) is 18.6. The first-order chi connectivity index (χ1) is 12.5. The highest BCUT2D eigenvalue weighted by Gasteiger charge is 2.30. The molecule has 1 aromatic carbocycles. The van der Waals surface area contributed by atoms with Crippen molar-refractivity contribution in [3.8, 4) is 0 Å². The maximum absolute atomic E-state index is 12.6. The lowest BCUT2D eigenvalue weighted by Crippen LogP contribution is -2.45. The molecule has 1 heterocycles. The average Bonchev–Trinajstić information content (AvgIpc) is 3.19. The van der Waals surface area contributed by atoms with Gasteiger partial charge in [0.15, 0.2) is 0 Å². The lowest BCUT2D eigenvalue weighted by Gasteiger charge is -2.35. The zero-order valence-corrected chi connectivity index (χ0v) is 16.7. The normalized spacial score (nSPS) is 21.0. The van der Waals surface area contributed by atoms with E-state index in [0.29, 0.717) is 19.8 Å². The van der Waals surface area contributed by atoms with Gasteiger partial charge in [-0.3, -0.25) is 4.90 Å². The van der Waals surface area contributed by atoms with Crippen LogP contribution in [0.25, 0.3) is 0 Å². The Balaban J connectivity index is 1.74. The highest BCUT2D eigenvalue weighted by atomic mass is 32.2. The minimum Gasteiger partial charge on any atom is -0.379 e. The molecule has 0 radical (unpaired) electrons. The van der Waals surface area contributed by atoms with Crippen LogP contribution in [0.15, 0.2) is 24.3 Å². The SMILES string of the molecule is CN(C)c1ccc(C(CNS(=O)(=O)C2CCCC2)N2CCOCC2)cc1. The van der Waals surface area contributed by atoms with Crippen LogP contribution in [0.1, 0.15) is 37.3 Å². The van der Waals surface area contributed by atoms with Crippen LogP contribution in [0.2, 0.25) is 0 Å². The number of hydrogen-bond donors (Lipinski definition) is 1. The number of ether oxygens (including phenoxy) is 1. The summed E-state index contributed by atoms with van der Waals surface area (Å²) in [4.78, 5) is 4.39. The van der Waals surface area contributed by atoms with Crippen molar-refractivity contribution in [2.75, 3.05) is 51.8 Å². The Morgan fingerprint density at radius 2 is 1.77 bits per heavy atom.